The van der Waals surface area contributed by atoms with E-state index in [2.05, 4.69) is 20.4 Å². The Balaban J connectivity index is 1.64. The van der Waals surface area contributed by atoms with Gasteiger partial charge < -0.3 is 4.90 Å². The molecule has 0 saturated heterocycles. The highest BCUT2D eigenvalue weighted by Gasteiger charge is 2.39. The van der Waals surface area contributed by atoms with Crippen molar-refractivity contribution in [3.63, 3.8) is 0 Å². The van der Waals surface area contributed by atoms with Gasteiger partial charge in [0.25, 0.3) is 5.91 Å². The number of hydrogen-bond donors (Lipinski definition) is 0. The summed E-state index contributed by atoms with van der Waals surface area (Å²) < 4.78 is 42.8. The fourth-order valence-electron chi connectivity index (χ4n) is 3.59. The summed E-state index contributed by atoms with van der Waals surface area (Å²) in [6.07, 6.45) is -1.55. The zero-order valence-corrected chi connectivity index (χ0v) is 17.7. The maximum absolute atomic E-state index is 13.1. The molecule has 0 radical (unpaired) electrons. The van der Waals surface area contributed by atoms with E-state index in [1.807, 2.05) is 26.1 Å². The lowest BCUT2D eigenvalue weighted by Crippen LogP contribution is -2.39. The van der Waals surface area contributed by atoms with Gasteiger partial charge in [0.05, 0.1) is 22.3 Å². The Labute approximate surface area is 180 Å². The van der Waals surface area contributed by atoms with E-state index >= 15 is 0 Å². The van der Waals surface area contributed by atoms with Crippen LogP contribution in [0.4, 0.5) is 13.2 Å². The van der Waals surface area contributed by atoms with E-state index in [1.54, 1.807) is 16.3 Å². The molecule has 0 bridgehead atoms. The maximum atomic E-state index is 13.1. The van der Waals surface area contributed by atoms with Crippen LogP contribution < -0.4 is 0 Å². The molecule has 12 heteroatoms. The topological polar surface area (TPSA) is 81.7 Å². The monoisotopic (exact) mass is 453 g/mol. The molecule has 1 aliphatic rings. The predicted octanol–water partition coefficient (Wildman–Crippen LogP) is 3.87. The average molecular weight is 454 g/mol. The van der Waals surface area contributed by atoms with Crippen LogP contribution in [0.15, 0.2) is 24.5 Å². The molecule has 3 aromatic rings. The molecule has 1 atom stereocenters. The van der Waals surface area contributed by atoms with Crippen LogP contribution in [-0.4, -0.2) is 47.1 Å². The minimum atomic E-state index is -4.75. The summed E-state index contributed by atoms with van der Waals surface area (Å²) in [5.41, 5.74) is -0.151. The number of nitrogens with zero attached hydrogens (tertiary/aromatic N) is 7. The van der Waals surface area contributed by atoms with E-state index in [-0.39, 0.29) is 18.2 Å². The molecule has 0 aliphatic carbocycles. The van der Waals surface area contributed by atoms with Crippen LogP contribution in [0, 0.1) is 0 Å². The van der Waals surface area contributed by atoms with Gasteiger partial charge in [-0.3, -0.25) is 14.5 Å². The number of fused-ring (bicyclic) bond motifs is 1. The van der Waals surface area contributed by atoms with Crippen molar-refractivity contribution in [2.24, 2.45) is 0 Å². The van der Waals surface area contributed by atoms with E-state index in [0.29, 0.717) is 17.9 Å². The average Bonchev–Trinajstić information content (AvgIpc) is 3.34. The second-order valence-electron chi connectivity index (χ2n) is 7.52. The van der Waals surface area contributed by atoms with Gasteiger partial charge in [-0.25, -0.2) is 0 Å². The van der Waals surface area contributed by atoms with Crippen molar-refractivity contribution in [2.45, 2.75) is 45.5 Å². The Morgan fingerprint density at radius 1 is 1.29 bits per heavy atom. The first-order valence-electron chi connectivity index (χ1n) is 9.62. The largest absolute Gasteiger partial charge is 0.434 e. The third-order valence-electron chi connectivity index (χ3n) is 5.24. The SMILES string of the molecule is CC1c2nnn(-c3ccn(C(C)C)n3)c2CCN1C(=O)c1ccnc(C(F)(F)F)c1Cl. The number of carbonyl (C=O) groups is 1. The van der Waals surface area contributed by atoms with Crippen molar-refractivity contribution in [3.8, 4) is 5.82 Å². The van der Waals surface area contributed by atoms with Crippen LogP contribution >= 0.6 is 11.6 Å². The Morgan fingerprint density at radius 3 is 2.68 bits per heavy atom. The Morgan fingerprint density at radius 2 is 2.03 bits per heavy atom. The third kappa shape index (κ3) is 3.67. The molecule has 0 spiro atoms. The molecule has 0 saturated carbocycles. The lowest BCUT2D eigenvalue weighted by atomic mass is 10.0. The molecule has 0 aromatic carbocycles. The molecular formula is C19H19ClF3N7O. The van der Waals surface area contributed by atoms with Crippen LogP contribution in [0.3, 0.4) is 0 Å². The number of alkyl halides is 3. The Bertz CT molecular complexity index is 1140. The summed E-state index contributed by atoms with van der Waals surface area (Å²) in [4.78, 5) is 17.8. The zero-order chi connectivity index (χ0) is 22.5. The summed E-state index contributed by atoms with van der Waals surface area (Å²) in [6.45, 7) is 6.04. The third-order valence-corrected chi connectivity index (χ3v) is 5.62. The Hall–Kier alpha value is -2.95. The lowest BCUT2D eigenvalue weighted by molar-refractivity contribution is -0.141. The lowest BCUT2D eigenvalue weighted by Gasteiger charge is -2.32. The number of halogens is 4. The number of hydrogen-bond acceptors (Lipinski definition) is 5. The van der Waals surface area contributed by atoms with Crippen molar-refractivity contribution in [2.75, 3.05) is 6.54 Å². The van der Waals surface area contributed by atoms with Gasteiger partial charge in [-0.2, -0.15) is 23.0 Å². The van der Waals surface area contributed by atoms with Gasteiger partial charge >= 0.3 is 6.18 Å². The Kier molecular flexibility index (Phi) is 5.24. The van der Waals surface area contributed by atoms with E-state index in [1.165, 1.54) is 11.0 Å². The molecule has 4 heterocycles. The summed E-state index contributed by atoms with van der Waals surface area (Å²) in [5.74, 6) is -0.00360. The van der Waals surface area contributed by atoms with Gasteiger partial charge in [-0.1, -0.05) is 16.8 Å². The number of carbonyl (C=O) groups excluding carboxylic acids is 1. The zero-order valence-electron chi connectivity index (χ0n) is 16.9. The minimum Gasteiger partial charge on any atom is -0.330 e. The van der Waals surface area contributed by atoms with E-state index in [4.69, 9.17) is 11.6 Å². The highest BCUT2D eigenvalue weighted by molar-refractivity contribution is 6.34. The molecule has 8 nitrogen and oxygen atoms in total. The normalized spacial score (nSPS) is 16.6. The molecule has 1 aliphatic heterocycles. The molecule has 0 N–H and O–H groups in total. The van der Waals surface area contributed by atoms with Crippen molar-refractivity contribution in [1.29, 1.82) is 0 Å². The van der Waals surface area contributed by atoms with Gasteiger partial charge in [-0.15, -0.1) is 5.10 Å². The molecule has 3 aromatic heterocycles. The smallest absolute Gasteiger partial charge is 0.330 e. The van der Waals surface area contributed by atoms with Gasteiger partial charge in [0.1, 0.15) is 5.69 Å². The number of rotatable bonds is 3. The van der Waals surface area contributed by atoms with Gasteiger partial charge in [0.2, 0.25) is 0 Å². The first kappa shape index (κ1) is 21.3. The second kappa shape index (κ2) is 7.63. The van der Waals surface area contributed by atoms with E-state index in [0.717, 1.165) is 11.9 Å². The molecule has 1 amide bonds. The number of pyridine rings is 1. The molecule has 4 rings (SSSR count). The minimum absolute atomic E-state index is 0.187. The molecule has 1 unspecified atom stereocenters. The van der Waals surface area contributed by atoms with Gasteiger partial charge in [0.15, 0.2) is 11.5 Å². The van der Waals surface area contributed by atoms with Crippen molar-refractivity contribution >= 4 is 17.5 Å². The molecular weight excluding hydrogens is 435 g/mol. The summed E-state index contributed by atoms with van der Waals surface area (Å²) >= 11 is 5.89. The van der Waals surface area contributed by atoms with Crippen LogP contribution in [0.5, 0.6) is 0 Å². The van der Waals surface area contributed by atoms with Crippen molar-refractivity contribution in [1.82, 2.24) is 34.7 Å². The van der Waals surface area contributed by atoms with Crippen LogP contribution in [0.25, 0.3) is 5.82 Å². The number of amides is 1. The first-order valence-corrected chi connectivity index (χ1v) is 10.00. The van der Waals surface area contributed by atoms with Gasteiger partial charge in [0, 0.05) is 37.5 Å². The van der Waals surface area contributed by atoms with Crippen molar-refractivity contribution < 1.29 is 18.0 Å². The molecule has 31 heavy (non-hydrogen) atoms. The van der Waals surface area contributed by atoms with E-state index in [9.17, 15) is 18.0 Å². The van der Waals surface area contributed by atoms with Crippen LogP contribution in [0.1, 0.15) is 60.3 Å². The van der Waals surface area contributed by atoms with Crippen LogP contribution in [-0.2, 0) is 12.6 Å². The highest BCUT2D eigenvalue weighted by atomic mass is 35.5. The summed E-state index contributed by atoms with van der Waals surface area (Å²) in [7, 11) is 0. The second-order valence-corrected chi connectivity index (χ2v) is 7.90. The fraction of sp³-hybridized carbons (Fsp3) is 0.421. The summed E-state index contributed by atoms with van der Waals surface area (Å²) in [6, 6.07) is 2.70. The first-order chi connectivity index (χ1) is 14.6. The summed E-state index contributed by atoms with van der Waals surface area (Å²) in [5, 5.41) is 12.2. The predicted molar refractivity (Wildman–Crippen MR) is 105 cm³/mol. The van der Waals surface area contributed by atoms with Gasteiger partial charge in [-0.05, 0) is 26.8 Å². The molecule has 0 fully saturated rings. The quantitative estimate of drug-likeness (QED) is 0.601. The van der Waals surface area contributed by atoms with Crippen LogP contribution in [0.2, 0.25) is 5.02 Å². The molecule has 164 valence electrons. The van der Waals surface area contributed by atoms with Crippen molar-refractivity contribution in [3.05, 3.63) is 52.2 Å². The van der Waals surface area contributed by atoms with E-state index < -0.39 is 28.8 Å². The highest BCUT2D eigenvalue weighted by Crippen LogP contribution is 2.36. The standard InChI is InChI=1S/C19H19ClF3N7O/c1-10(2)29-9-6-14(26-29)30-13-5-8-28(11(3)16(13)25-27-30)18(31)12-4-7-24-17(15(12)20)19(21,22)23/h4,6-7,9-11H,5,8H2,1-3H3. The fourth-order valence-corrected chi connectivity index (χ4v) is 3.89. The maximum Gasteiger partial charge on any atom is 0.434 e. The number of aromatic nitrogens is 6.